The number of halogens is 3. The second-order valence-electron chi connectivity index (χ2n) is 9.44. The van der Waals surface area contributed by atoms with Gasteiger partial charge in [-0.3, -0.25) is 0 Å². The molecule has 2 aliphatic heterocycles. The van der Waals surface area contributed by atoms with Gasteiger partial charge in [0.1, 0.15) is 29.9 Å². The molecule has 5 rings (SSSR count). The third kappa shape index (κ3) is 5.26. The van der Waals surface area contributed by atoms with Crippen LogP contribution in [0.5, 0.6) is 6.01 Å². The Morgan fingerprint density at radius 1 is 1.11 bits per heavy atom. The zero-order valence-electron chi connectivity index (χ0n) is 19.3. The molecule has 0 amide bonds. The third-order valence-electron chi connectivity index (χ3n) is 6.03. The lowest BCUT2D eigenvalue weighted by Crippen LogP contribution is -2.38. The molecule has 4 heterocycles. The molecule has 2 aliphatic rings. The summed E-state index contributed by atoms with van der Waals surface area (Å²) in [5.41, 5.74) is 0.476. The fourth-order valence-electron chi connectivity index (χ4n) is 4.31. The van der Waals surface area contributed by atoms with Gasteiger partial charge in [-0.05, 0) is 44.9 Å². The van der Waals surface area contributed by atoms with Crippen molar-refractivity contribution in [1.82, 2.24) is 15.0 Å². The highest BCUT2D eigenvalue weighted by molar-refractivity contribution is 6.31. The first-order valence-electron chi connectivity index (χ1n) is 11.4. The van der Waals surface area contributed by atoms with E-state index < -0.39 is 23.3 Å². The fraction of sp³-hybridized carbons (Fsp3) is 0.500. The van der Waals surface area contributed by atoms with Gasteiger partial charge in [0, 0.05) is 5.56 Å². The van der Waals surface area contributed by atoms with Crippen LogP contribution in [0, 0.1) is 11.6 Å². The second kappa shape index (κ2) is 9.59. The molecule has 3 aromatic rings. The van der Waals surface area contributed by atoms with Gasteiger partial charge in [-0.25, -0.2) is 13.8 Å². The average Bonchev–Trinajstić information content (AvgIpc) is 3.47. The zero-order valence-corrected chi connectivity index (χ0v) is 20.0. The van der Waals surface area contributed by atoms with Crippen molar-refractivity contribution in [2.45, 2.75) is 56.7 Å². The first kappa shape index (κ1) is 24.3. The molecule has 188 valence electrons. The number of nitrogens with one attached hydrogen (secondary N) is 1. The number of aliphatic hydroxyl groups is 1. The minimum Gasteiger partial charge on any atom is -0.456 e. The van der Waals surface area contributed by atoms with Gasteiger partial charge in [0.15, 0.2) is 11.8 Å². The molecule has 0 spiro atoms. The average molecular weight is 510 g/mol. The largest absolute Gasteiger partial charge is 0.456 e. The van der Waals surface area contributed by atoms with Crippen molar-refractivity contribution in [2.24, 2.45) is 0 Å². The summed E-state index contributed by atoms with van der Waals surface area (Å²) in [6.45, 7) is 4.15. The number of benzene rings is 1. The molecule has 0 unspecified atom stereocenters. The topological polar surface area (TPSA) is 98.7 Å². The van der Waals surface area contributed by atoms with Crippen LogP contribution in [0.2, 0.25) is 5.02 Å². The highest BCUT2D eigenvalue weighted by Crippen LogP contribution is 2.32. The Bertz CT molecular complexity index is 1200. The summed E-state index contributed by atoms with van der Waals surface area (Å²) >= 11 is 6.37. The molecule has 35 heavy (non-hydrogen) atoms. The molecule has 2 fully saturated rings. The van der Waals surface area contributed by atoms with E-state index >= 15 is 0 Å². The number of pyridine rings is 1. The molecule has 11 heteroatoms. The number of hydrogen-bond acceptors (Lipinski definition) is 7. The van der Waals surface area contributed by atoms with Gasteiger partial charge in [-0.1, -0.05) is 17.7 Å². The van der Waals surface area contributed by atoms with Crippen molar-refractivity contribution in [3.05, 3.63) is 52.2 Å². The maximum atomic E-state index is 13.9. The van der Waals surface area contributed by atoms with Gasteiger partial charge >= 0.3 is 0 Å². The number of fused-ring (bicyclic) bond motifs is 2. The van der Waals surface area contributed by atoms with Crippen LogP contribution in [0.15, 0.2) is 24.3 Å². The van der Waals surface area contributed by atoms with E-state index in [2.05, 4.69) is 15.0 Å². The Labute approximate surface area is 205 Å². The van der Waals surface area contributed by atoms with Gasteiger partial charge in [-0.15, -0.1) is 0 Å². The van der Waals surface area contributed by atoms with Crippen molar-refractivity contribution in [1.29, 1.82) is 0 Å². The van der Waals surface area contributed by atoms with E-state index in [4.69, 9.17) is 30.5 Å². The van der Waals surface area contributed by atoms with Gasteiger partial charge < -0.3 is 29.0 Å². The Balaban J connectivity index is 1.25. The summed E-state index contributed by atoms with van der Waals surface area (Å²) in [7, 11) is 0. The van der Waals surface area contributed by atoms with Gasteiger partial charge in [-0.2, -0.15) is 4.98 Å². The molecule has 4 atom stereocenters. The standard InChI is InChI=1S/C24H26ClF2N3O5/c1-24(2,31)11-34-18-9-32-21-19(10-33-20(18)21)35-23-29-17-8-13(25)16(28-22(17)30-23)7-6-12-14(26)4-3-5-15(12)27/h3-5,8,18-21,31H,6-7,9-11H2,1-2H3,(H,28,29,30)/t18-,19-,20-,21-/m1/s1. The number of aromatic nitrogens is 3. The van der Waals surface area contributed by atoms with Crippen molar-refractivity contribution in [2.75, 3.05) is 19.8 Å². The molecule has 2 N–H and O–H groups in total. The molecule has 2 saturated heterocycles. The Morgan fingerprint density at radius 2 is 1.80 bits per heavy atom. The molecule has 8 nitrogen and oxygen atoms in total. The van der Waals surface area contributed by atoms with E-state index in [-0.39, 0.29) is 49.3 Å². The fourth-order valence-corrected chi connectivity index (χ4v) is 4.55. The maximum Gasteiger partial charge on any atom is 0.296 e. The molecule has 0 aliphatic carbocycles. The summed E-state index contributed by atoms with van der Waals surface area (Å²) in [5.74, 6) is -1.20. The van der Waals surface area contributed by atoms with Crippen LogP contribution in [0.25, 0.3) is 11.2 Å². The number of rotatable bonds is 8. The lowest BCUT2D eigenvalue weighted by Gasteiger charge is -2.22. The maximum absolute atomic E-state index is 13.9. The van der Waals surface area contributed by atoms with Crippen LogP contribution < -0.4 is 4.74 Å². The molecule has 0 bridgehead atoms. The van der Waals surface area contributed by atoms with Crippen LogP contribution >= 0.6 is 11.6 Å². The lowest BCUT2D eigenvalue weighted by atomic mass is 10.1. The molecule has 0 saturated carbocycles. The van der Waals surface area contributed by atoms with Crippen molar-refractivity contribution in [3.8, 4) is 6.01 Å². The monoisotopic (exact) mass is 509 g/mol. The van der Waals surface area contributed by atoms with Gasteiger partial charge in [0.05, 0.1) is 41.7 Å². The second-order valence-corrected chi connectivity index (χ2v) is 9.85. The summed E-state index contributed by atoms with van der Waals surface area (Å²) in [6, 6.07) is 5.67. The Morgan fingerprint density at radius 3 is 2.51 bits per heavy atom. The summed E-state index contributed by atoms with van der Waals surface area (Å²) < 4.78 is 51.4. The molecular formula is C24H26ClF2N3O5. The number of ether oxygens (including phenoxy) is 4. The SMILES string of the molecule is CC(C)(O)CO[C@@H]1CO[C@H]2[C@@H]1OC[C@H]2Oc1nc2nc(CCc3c(F)cccc3F)c(Cl)cc2[nH]1. The van der Waals surface area contributed by atoms with E-state index in [9.17, 15) is 13.9 Å². The number of hydrogen-bond donors (Lipinski definition) is 2. The predicted octanol–water partition coefficient (Wildman–Crippen LogP) is 3.38. The van der Waals surface area contributed by atoms with Crippen LogP contribution in [-0.2, 0) is 27.1 Å². The number of H-pyrrole nitrogens is 1. The molecular weight excluding hydrogens is 484 g/mol. The highest BCUT2D eigenvalue weighted by atomic mass is 35.5. The van der Waals surface area contributed by atoms with Gasteiger partial charge in [0.25, 0.3) is 6.01 Å². The summed E-state index contributed by atoms with van der Waals surface area (Å²) in [4.78, 5) is 11.9. The first-order chi connectivity index (χ1) is 16.7. The number of nitrogens with zero attached hydrogens (tertiary/aromatic N) is 2. The molecule has 2 aromatic heterocycles. The van der Waals surface area contributed by atoms with Crippen LogP contribution in [-0.4, -0.2) is 69.9 Å². The third-order valence-corrected chi connectivity index (χ3v) is 6.35. The lowest BCUT2D eigenvalue weighted by molar-refractivity contribution is -0.0870. The zero-order chi connectivity index (χ0) is 24.7. The van der Waals surface area contributed by atoms with E-state index in [1.165, 1.54) is 18.2 Å². The number of aryl methyl sites for hydroxylation is 1. The Kier molecular flexibility index (Phi) is 6.67. The quantitative estimate of drug-likeness (QED) is 0.480. The number of imidazole rings is 1. The van der Waals surface area contributed by atoms with Gasteiger partial charge in [0.2, 0.25) is 0 Å². The summed E-state index contributed by atoms with van der Waals surface area (Å²) in [6.07, 6.45) is -0.979. The van der Waals surface area contributed by atoms with Crippen molar-refractivity contribution >= 4 is 22.8 Å². The summed E-state index contributed by atoms with van der Waals surface area (Å²) in [5, 5.41) is 10.3. The minimum absolute atomic E-state index is 0.00583. The molecule has 1 aromatic carbocycles. The highest BCUT2D eigenvalue weighted by Gasteiger charge is 2.50. The van der Waals surface area contributed by atoms with E-state index in [0.717, 1.165) is 0 Å². The minimum atomic E-state index is -0.947. The first-order valence-corrected chi connectivity index (χ1v) is 11.8. The predicted molar refractivity (Wildman–Crippen MR) is 123 cm³/mol. The Hall–Kier alpha value is -2.37. The van der Waals surface area contributed by atoms with E-state index in [1.54, 1.807) is 19.9 Å². The van der Waals surface area contributed by atoms with Crippen molar-refractivity contribution < 1.29 is 32.8 Å². The van der Waals surface area contributed by atoms with E-state index in [1.807, 2.05) is 0 Å². The number of aromatic amines is 1. The van der Waals surface area contributed by atoms with Crippen LogP contribution in [0.1, 0.15) is 25.1 Å². The van der Waals surface area contributed by atoms with Crippen LogP contribution in [0.3, 0.4) is 0 Å². The smallest absolute Gasteiger partial charge is 0.296 e. The van der Waals surface area contributed by atoms with Crippen molar-refractivity contribution in [3.63, 3.8) is 0 Å². The van der Waals surface area contributed by atoms with E-state index in [0.29, 0.717) is 35.1 Å². The normalized spacial score (nSPS) is 24.3. The molecule has 0 radical (unpaired) electrons. The van der Waals surface area contributed by atoms with Crippen LogP contribution in [0.4, 0.5) is 8.78 Å².